The summed E-state index contributed by atoms with van der Waals surface area (Å²) in [5.41, 5.74) is -0.841. The number of carbonyl (C=O) groups is 2. The lowest BCUT2D eigenvalue weighted by molar-refractivity contribution is -0.137. The van der Waals surface area contributed by atoms with Gasteiger partial charge in [-0.1, -0.05) is 0 Å². The predicted octanol–water partition coefficient (Wildman–Crippen LogP) is 2.89. The fraction of sp³-hybridized carbons (Fsp3) is 0.429. The van der Waals surface area contributed by atoms with Gasteiger partial charge >= 0.3 is 12.2 Å². The molecule has 0 saturated carbocycles. The number of halogens is 3. The third kappa shape index (κ3) is 4.92. The zero-order chi connectivity index (χ0) is 22.8. The van der Waals surface area contributed by atoms with Crippen LogP contribution >= 0.6 is 0 Å². The van der Waals surface area contributed by atoms with Crippen molar-refractivity contribution in [1.82, 2.24) is 20.2 Å². The van der Waals surface area contributed by atoms with Gasteiger partial charge in [0.25, 0.3) is 0 Å². The van der Waals surface area contributed by atoms with Gasteiger partial charge < -0.3 is 20.4 Å². The Bertz CT molecular complexity index is 960. The van der Waals surface area contributed by atoms with Gasteiger partial charge in [-0.15, -0.1) is 0 Å². The highest BCUT2D eigenvalue weighted by atomic mass is 19.4. The van der Waals surface area contributed by atoms with Gasteiger partial charge in [0.2, 0.25) is 11.9 Å². The van der Waals surface area contributed by atoms with Crippen molar-refractivity contribution in [1.29, 1.82) is 0 Å². The molecule has 1 aromatic carbocycles. The number of benzene rings is 1. The van der Waals surface area contributed by atoms with Crippen molar-refractivity contribution < 1.29 is 22.8 Å². The summed E-state index contributed by atoms with van der Waals surface area (Å²) in [6.07, 6.45) is 0.500. The minimum atomic E-state index is -4.42. The maximum Gasteiger partial charge on any atom is 0.416 e. The molecule has 32 heavy (non-hydrogen) atoms. The molecular formula is C21H23F3N6O2. The maximum atomic E-state index is 12.6. The van der Waals surface area contributed by atoms with Crippen LogP contribution in [0.3, 0.4) is 0 Å². The molecular weight excluding hydrogens is 425 g/mol. The van der Waals surface area contributed by atoms with E-state index in [1.54, 1.807) is 23.4 Å². The largest absolute Gasteiger partial charge is 0.416 e. The van der Waals surface area contributed by atoms with E-state index in [2.05, 4.69) is 25.5 Å². The van der Waals surface area contributed by atoms with E-state index in [4.69, 9.17) is 0 Å². The number of urea groups is 1. The number of amides is 3. The average molecular weight is 448 g/mol. The monoisotopic (exact) mass is 448 g/mol. The lowest BCUT2D eigenvalue weighted by Gasteiger charge is -2.38. The number of anilines is 2. The van der Waals surface area contributed by atoms with E-state index in [-0.39, 0.29) is 36.1 Å². The molecule has 11 heteroatoms. The SMILES string of the molecule is O=C(CCN1CC2(CCN(c3ncccn3)CC2)NC1=O)Nc1ccc(C(F)(F)F)cc1. The lowest BCUT2D eigenvalue weighted by Crippen LogP contribution is -2.52. The Morgan fingerprint density at radius 3 is 2.41 bits per heavy atom. The molecule has 4 rings (SSSR count). The molecule has 2 fully saturated rings. The molecule has 170 valence electrons. The van der Waals surface area contributed by atoms with Crippen molar-refractivity contribution in [3.05, 3.63) is 48.3 Å². The van der Waals surface area contributed by atoms with E-state index in [1.165, 1.54) is 12.1 Å². The minimum absolute atomic E-state index is 0.0501. The number of piperidine rings is 1. The van der Waals surface area contributed by atoms with Crippen LogP contribution in [0.25, 0.3) is 0 Å². The first-order valence-electron chi connectivity index (χ1n) is 10.3. The van der Waals surface area contributed by atoms with Crippen molar-refractivity contribution >= 4 is 23.6 Å². The van der Waals surface area contributed by atoms with Gasteiger partial charge in [0.1, 0.15) is 0 Å². The quantitative estimate of drug-likeness (QED) is 0.734. The highest BCUT2D eigenvalue weighted by Gasteiger charge is 2.44. The number of alkyl halides is 3. The molecule has 0 radical (unpaired) electrons. The summed E-state index contributed by atoms with van der Waals surface area (Å²) in [4.78, 5) is 36.9. The molecule has 2 saturated heterocycles. The number of nitrogens with zero attached hydrogens (tertiary/aromatic N) is 4. The highest BCUT2D eigenvalue weighted by molar-refractivity contribution is 5.91. The van der Waals surface area contributed by atoms with Crippen LogP contribution in [0.15, 0.2) is 42.7 Å². The molecule has 0 aliphatic carbocycles. The van der Waals surface area contributed by atoms with Crippen LogP contribution in [-0.2, 0) is 11.0 Å². The summed E-state index contributed by atoms with van der Waals surface area (Å²) in [5.74, 6) is 0.304. The minimum Gasteiger partial charge on any atom is -0.341 e. The molecule has 2 aliphatic heterocycles. The van der Waals surface area contributed by atoms with Gasteiger partial charge in [0, 0.05) is 50.7 Å². The Kier molecular flexibility index (Phi) is 5.90. The normalized spacial score (nSPS) is 18.0. The molecule has 2 N–H and O–H groups in total. The van der Waals surface area contributed by atoms with Crippen LogP contribution < -0.4 is 15.5 Å². The van der Waals surface area contributed by atoms with Crippen LogP contribution in [0.5, 0.6) is 0 Å². The summed E-state index contributed by atoms with van der Waals surface area (Å²) >= 11 is 0. The van der Waals surface area contributed by atoms with Crippen molar-refractivity contribution in [2.75, 3.05) is 36.4 Å². The first-order chi connectivity index (χ1) is 15.2. The van der Waals surface area contributed by atoms with Crippen LogP contribution in [0, 0.1) is 0 Å². The van der Waals surface area contributed by atoms with E-state index >= 15 is 0 Å². The van der Waals surface area contributed by atoms with E-state index in [0.29, 0.717) is 25.6 Å². The van der Waals surface area contributed by atoms with Crippen molar-refractivity contribution in [2.24, 2.45) is 0 Å². The molecule has 1 aromatic heterocycles. The predicted molar refractivity (Wildman–Crippen MR) is 111 cm³/mol. The fourth-order valence-electron chi connectivity index (χ4n) is 4.04. The molecule has 0 atom stereocenters. The van der Waals surface area contributed by atoms with Gasteiger partial charge in [-0.05, 0) is 43.2 Å². The molecule has 3 amide bonds. The number of carbonyl (C=O) groups excluding carboxylic acids is 2. The number of hydrogen-bond donors (Lipinski definition) is 2. The van der Waals surface area contributed by atoms with E-state index < -0.39 is 11.7 Å². The second-order valence-electron chi connectivity index (χ2n) is 8.04. The Morgan fingerprint density at radius 1 is 1.12 bits per heavy atom. The number of rotatable bonds is 5. The summed E-state index contributed by atoms with van der Waals surface area (Å²) < 4.78 is 37.9. The Hall–Kier alpha value is -3.37. The van der Waals surface area contributed by atoms with Crippen molar-refractivity contribution in [3.63, 3.8) is 0 Å². The Morgan fingerprint density at radius 2 is 1.78 bits per heavy atom. The fourth-order valence-corrected chi connectivity index (χ4v) is 4.04. The number of hydrogen-bond acceptors (Lipinski definition) is 5. The van der Waals surface area contributed by atoms with E-state index in [1.807, 2.05) is 0 Å². The first kappa shape index (κ1) is 21.8. The number of aromatic nitrogens is 2. The van der Waals surface area contributed by atoms with Gasteiger partial charge in [-0.3, -0.25) is 4.79 Å². The lowest BCUT2D eigenvalue weighted by atomic mass is 9.88. The van der Waals surface area contributed by atoms with E-state index in [0.717, 1.165) is 25.0 Å². The second kappa shape index (κ2) is 8.64. The first-order valence-corrected chi connectivity index (χ1v) is 10.3. The van der Waals surface area contributed by atoms with E-state index in [9.17, 15) is 22.8 Å². The van der Waals surface area contributed by atoms with Crippen molar-refractivity contribution in [3.8, 4) is 0 Å². The molecule has 0 bridgehead atoms. The number of nitrogens with one attached hydrogen (secondary N) is 2. The van der Waals surface area contributed by atoms with Gasteiger partial charge in [-0.25, -0.2) is 14.8 Å². The third-order valence-electron chi connectivity index (χ3n) is 5.81. The second-order valence-corrected chi connectivity index (χ2v) is 8.04. The molecule has 1 spiro atoms. The Labute approximate surface area is 182 Å². The summed E-state index contributed by atoms with van der Waals surface area (Å²) in [6, 6.07) is 5.81. The smallest absolute Gasteiger partial charge is 0.341 e. The maximum absolute atomic E-state index is 12.6. The Balaban J connectivity index is 1.26. The summed E-state index contributed by atoms with van der Waals surface area (Å²) in [7, 11) is 0. The van der Waals surface area contributed by atoms with Crippen LogP contribution in [0.2, 0.25) is 0 Å². The average Bonchev–Trinajstić information content (AvgIpc) is 3.08. The standard InChI is InChI=1S/C21H23F3N6O2/c22-21(23,24)15-2-4-16(5-3-15)27-17(31)6-11-30-14-20(28-19(30)32)7-12-29(13-8-20)18-25-9-1-10-26-18/h1-5,9-10H,6-8,11-14H2,(H,27,31)(H,28,32). The molecule has 0 unspecified atom stereocenters. The van der Waals surface area contributed by atoms with Crippen LogP contribution in [0.4, 0.5) is 29.6 Å². The van der Waals surface area contributed by atoms with Gasteiger partial charge in [0.15, 0.2) is 0 Å². The summed E-state index contributed by atoms with van der Waals surface area (Å²) in [6.45, 7) is 2.16. The van der Waals surface area contributed by atoms with Gasteiger partial charge in [0.05, 0.1) is 11.1 Å². The van der Waals surface area contributed by atoms with Crippen LogP contribution in [-0.4, -0.2) is 58.5 Å². The zero-order valence-corrected chi connectivity index (χ0v) is 17.2. The summed E-state index contributed by atoms with van der Waals surface area (Å²) in [5, 5.41) is 5.64. The topological polar surface area (TPSA) is 90.5 Å². The van der Waals surface area contributed by atoms with Gasteiger partial charge in [-0.2, -0.15) is 13.2 Å². The molecule has 8 nitrogen and oxygen atoms in total. The van der Waals surface area contributed by atoms with Crippen molar-refractivity contribution in [2.45, 2.75) is 31.0 Å². The molecule has 3 heterocycles. The van der Waals surface area contributed by atoms with Crippen LogP contribution in [0.1, 0.15) is 24.8 Å². The molecule has 2 aromatic rings. The highest BCUT2D eigenvalue weighted by Crippen LogP contribution is 2.31. The third-order valence-corrected chi connectivity index (χ3v) is 5.81. The molecule has 2 aliphatic rings. The zero-order valence-electron chi connectivity index (χ0n) is 17.2.